The summed E-state index contributed by atoms with van der Waals surface area (Å²) in [5, 5.41) is 5.33. The summed E-state index contributed by atoms with van der Waals surface area (Å²) in [4.78, 5) is 13.4. The lowest BCUT2D eigenvalue weighted by atomic mass is 10.1. The molecule has 2 unspecified atom stereocenters. The number of urea groups is 1. The first-order valence-corrected chi connectivity index (χ1v) is 7.70. The van der Waals surface area contributed by atoms with Gasteiger partial charge in [-0.15, -0.1) is 0 Å². The molecule has 0 aromatic heterocycles. The number of carbonyl (C=O) groups excluding carboxylic acids is 1. The highest BCUT2D eigenvalue weighted by atomic mass is 19.1. The third kappa shape index (κ3) is 4.34. The molecule has 2 amide bonds. The quantitative estimate of drug-likeness (QED) is 0.897. The van der Waals surface area contributed by atoms with Gasteiger partial charge in [0, 0.05) is 26.2 Å². The Labute approximate surface area is 130 Å². The van der Waals surface area contributed by atoms with Gasteiger partial charge in [0.25, 0.3) is 0 Å². The maximum atomic E-state index is 14.4. The molecule has 1 aromatic carbocycles. The van der Waals surface area contributed by atoms with Gasteiger partial charge in [-0.1, -0.05) is 6.07 Å². The average Bonchev–Trinajstić information content (AvgIpc) is 2.44. The number of hydrogen-bond acceptors (Lipinski definition) is 3. The minimum atomic E-state index is -0.267. The molecule has 1 heterocycles. The third-order valence-electron chi connectivity index (χ3n) is 3.56. The van der Waals surface area contributed by atoms with Crippen molar-refractivity contribution in [2.24, 2.45) is 0 Å². The van der Waals surface area contributed by atoms with Crippen LogP contribution in [0.4, 0.5) is 14.9 Å². The number of anilines is 1. The van der Waals surface area contributed by atoms with Crippen molar-refractivity contribution in [1.29, 1.82) is 0 Å². The minimum absolute atomic E-state index is 0.0854. The van der Waals surface area contributed by atoms with Gasteiger partial charge in [0.05, 0.1) is 17.9 Å². The fourth-order valence-electron chi connectivity index (χ4n) is 2.70. The van der Waals surface area contributed by atoms with Gasteiger partial charge in [0.2, 0.25) is 0 Å². The zero-order valence-electron chi connectivity index (χ0n) is 13.4. The molecule has 1 aliphatic heterocycles. The van der Waals surface area contributed by atoms with Crippen molar-refractivity contribution in [2.75, 3.05) is 24.5 Å². The number of morpholine rings is 1. The topological polar surface area (TPSA) is 53.6 Å². The van der Waals surface area contributed by atoms with E-state index in [1.165, 1.54) is 6.07 Å². The van der Waals surface area contributed by atoms with E-state index in [2.05, 4.69) is 10.6 Å². The summed E-state index contributed by atoms with van der Waals surface area (Å²) in [5.74, 6) is -0.267. The Morgan fingerprint density at radius 1 is 1.32 bits per heavy atom. The van der Waals surface area contributed by atoms with E-state index in [0.717, 1.165) is 5.56 Å². The lowest BCUT2D eigenvalue weighted by Gasteiger charge is -2.37. The zero-order valence-corrected chi connectivity index (χ0v) is 13.4. The standard InChI is InChI=1S/C16H24FN3O2/c1-4-18-16(21)19-8-13-5-6-15(14(17)7-13)20-9-11(2)22-12(3)10-20/h5-7,11-12H,4,8-10H2,1-3H3,(H2,18,19,21). The van der Waals surface area contributed by atoms with E-state index < -0.39 is 0 Å². The van der Waals surface area contributed by atoms with E-state index in [1.807, 2.05) is 31.7 Å². The van der Waals surface area contributed by atoms with Gasteiger partial charge < -0.3 is 20.3 Å². The highest BCUT2D eigenvalue weighted by Gasteiger charge is 2.24. The van der Waals surface area contributed by atoms with Crippen LogP contribution in [0.15, 0.2) is 18.2 Å². The van der Waals surface area contributed by atoms with Gasteiger partial charge in [-0.05, 0) is 38.5 Å². The second-order valence-corrected chi connectivity index (χ2v) is 5.66. The van der Waals surface area contributed by atoms with Crippen LogP contribution in [0.2, 0.25) is 0 Å². The summed E-state index contributed by atoms with van der Waals surface area (Å²) in [7, 11) is 0. The van der Waals surface area contributed by atoms with Crippen LogP contribution in [0.3, 0.4) is 0 Å². The second kappa shape index (κ2) is 7.45. The highest BCUT2D eigenvalue weighted by molar-refractivity contribution is 5.73. The molecule has 2 rings (SSSR count). The molecule has 1 saturated heterocycles. The maximum absolute atomic E-state index is 14.4. The van der Waals surface area contributed by atoms with Crippen molar-refractivity contribution in [2.45, 2.75) is 39.5 Å². The van der Waals surface area contributed by atoms with Crippen LogP contribution in [-0.4, -0.2) is 37.9 Å². The van der Waals surface area contributed by atoms with Crippen molar-refractivity contribution in [1.82, 2.24) is 10.6 Å². The van der Waals surface area contributed by atoms with Crippen LogP contribution in [0.25, 0.3) is 0 Å². The monoisotopic (exact) mass is 309 g/mol. The van der Waals surface area contributed by atoms with E-state index >= 15 is 0 Å². The SMILES string of the molecule is CCNC(=O)NCc1ccc(N2CC(C)OC(C)C2)c(F)c1. The number of benzene rings is 1. The van der Waals surface area contributed by atoms with Crippen LogP contribution in [0.1, 0.15) is 26.3 Å². The Kier molecular flexibility index (Phi) is 5.60. The Hall–Kier alpha value is -1.82. The Morgan fingerprint density at radius 3 is 2.59 bits per heavy atom. The second-order valence-electron chi connectivity index (χ2n) is 5.66. The number of hydrogen-bond donors (Lipinski definition) is 2. The van der Waals surface area contributed by atoms with Crippen LogP contribution in [0.5, 0.6) is 0 Å². The smallest absolute Gasteiger partial charge is 0.315 e. The highest BCUT2D eigenvalue weighted by Crippen LogP contribution is 2.24. The molecule has 22 heavy (non-hydrogen) atoms. The lowest BCUT2D eigenvalue weighted by molar-refractivity contribution is -0.00539. The maximum Gasteiger partial charge on any atom is 0.315 e. The molecule has 5 nitrogen and oxygen atoms in total. The Bertz CT molecular complexity index is 514. The predicted molar refractivity (Wildman–Crippen MR) is 84.5 cm³/mol. The molecule has 122 valence electrons. The summed E-state index contributed by atoms with van der Waals surface area (Å²) in [6.45, 7) is 8.05. The van der Waals surface area contributed by atoms with Gasteiger partial charge in [-0.2, -0.15) is 0 Å². The fourth-order valence-corrected chi connectivity index (χ4v) is 2.70. The van der Waals surface area contributed by atoms with E-state index in [-0.39, 0.29) is 24.1 Å². The zero-order chi connectivity index (χ0) is 16.1. The predicted octanol–water partition coefficient (Wildman–Crippen LogP) is 2.26. The molecule has 2 atom stereocenters. The lowest BCUT2D eigenvalue weighted by Crippen LogP contribution is -2.45. The molecule has 0 bridgehead atoms. The summed E-state index contributed by atoms with van der Waals surface area (Å²) in [5.41, 5.74) is 1.32. The molecule has 0 saturated carbocycles. The first-order valence-electron chi connectivity index (χ1n) is 7.70. The molecule has 0 spiro atoms. The van der Waals surface area contributed by atoms with Gasteiger partial charge in [0.15, 0.2) is 0 Å². The van der Waals surface area contributed by atoms with Crippen molar-refractivity contribution in [3.8, 4) is 0 Å². The Balaban J connectivity index is 2.01. The minimum Gasteiger partial charge on any atom is -0.372 e. The number of ether oxygens (including phenoxy) is 1. The number of rotatable bonds is 4. The van der Waals surface area contributed by atoms with Crippen LogP contribution in [-0.2, 0) is 11.3 Å². The normalized spacial score (nSPS) is 21.5. The van der Waals surface area contributed by atoms with E-state index in [9.17, 15) is 9.18 Å². The number of halogens is 1. The molecule has 0 aliphatic carbocycles. The first-order chi connectivity index (χ1) is 10.5. The van der Waals surface area contributed by atoms with Crippen molar-refractivity contribution < 1.29 is 13.9 Å². The average molecular weight is 309 g/mol. The molecular weight excluding hydrogens is 285 g/mol. The largest absolute Gasteiger partial charge is 0.372 e. The van der Waals surface area contributed by atoms with Crippen molar-refractivity contribution >= 4 is 11.7 Å². The van der Waals surface area contributed by atoms with Gasteiger partial charge in [-0.3, -0.25) is 0 Å². The molecule has 0 radical (unpaired) electrons. The number of nitrogens with one attached hydrogen (secondary N) is 2. The van der Waals surface area contributed by atoms with Gasteiger partial charge in [-0.25, -0.2) is 9.18 Å². The summed E-state index contributed by atoms with van der Waals surface area (Å²) in [6.07, 6.45) is 0.171. The molecule has 1 aromatic rings. The summed E-state index contributed by atoms with van der Waals surface area (Å²) in [6, 6.07) is 4.85. The van der Waals surface area contributed by atoms with Crippen molar-refractivity contribution in [3.63, 3.8) is 0 Å². The van der Waals surface area contributed by atoms with E-state index in [4.69, 9.17) is 4.74 Å². The van der Waals surface area contributed by atoms with Gasteiger partial charge in [0.1, 0.15) is 5.82 Å². The third-order valence-corrected chi connectivity index (χ3v) is 3.56. The number of carbonyl (C=O) groups is 1. The first kappa shape index (κ1) is 16.5. The van der Waals surface area contributed by atoms with Crippen LogP contribution < -0.4 is 15.5 Å². The summed E-state index contributed by atoms with van der Waals surface area (Å²) >= 11 is 0. The van der Waals surface area contributed by atoms with E-state index in [0.29, 0.717) is 31.9 Å². The van der Waals surface area contributed by atoms with Crippen molar-refractivity contribution in [3.05, 3.63) is 29.6 Å². The Morgan fingerprint density at radius 2 is 2.00 bits per heavy atom. The fraction of sp³-hybridized carbons (Fsp3) is 0.562. The van der Waals surface area contributed by atoms with Gasteiger partial charge >= 0.3 is 6.03 Å². The molecule has 6 heteroatoms. The molecule has 1 aliphatic rings. The molecule has 1 fully saturated rings. The number of amides is 2. The molecule has 2 N–H and O–H groups in total. The van der Waals surface area contributed by atoms with Crippen LogP contribution >= 0.6 is 0 Å². The summed E-state index contributed by atoms with van der Waals surface area (Å²) < 4.78 is 20.0. The van der Waals surface area contributed by atoms with E-state index in [1.54, 1.807) is 6.07 Å². The molecular formula is C16H24FN3O2. The van der Waals surface area contributed by atoms with Crippen LogP contribution in [0, 0.1) is 5.82 Å². The number of nitrogens with zero attached hydrogens (tertiary/aromatic N) is 1.